The first-order valence-electron chi connectivity index (χ1n) is 9.98. The van der Waals surface area contributed by atoms with Gasteiger partial charge in [-0.3, -0.25) is 14.5 Å². The van der Waals surface area contributed by atoms with Crippen molar-refractivity contribution in [2.75, 3.05) is 32.8 Å². The van der Waals surface area contributed by atoms with Crippen molar-refractivity contribution >= 4 is 23.2 Å². The summed E-state index contributed by atoms with van der Waals surface area (Å²) in [5.41, 5.74) is 2.08. The SMILES string of the molecule is CC(=O)NC(CC(=O)NCC(c1cccs1)N1CCOCC1)c1ccc(C)cc1. The first kappa shape index (κ1) is 21.5. The number of aryl methyl sites for hydroxylation is 1. The molecule has 1 saturated heterocycles. The lowest BCUT2D eigenvalue weighted by Gasteiger charge is -2.34. The van der Waals surface area contributed by atoms with Crippen molar-refractivity contribution in [3.05, 3.63) is 57.8 Å². The first-order valence-corrected chi connectivity index (χ1v) is 10.9. The highest BCUT2D eigenvalue weighted by Gasteiger charge is 2.25. The van der Waals surface area contributed by atoms with E-state index in [1.807, 2.05) is 37.3 Å². The van der Waals surface area contributed by atoms with Crippen LogP contribution in [0.2, 0.25) is 0 Å². The van der Waals surface area contributed by atoms with Gasteiger partial charge in [0.1, 0.15) is 0 Å². The number of nitrogens with zero attached hydrogens (tertiary/aromatic N) is 1. The second kappa shape index (κ2) is 10.5. The number of thiophene rings is 1. The maximum atomic E-state index is 12.7. The molecule has 0 radical (unpaired) electrons. The Morgan fingerprint density at radius 2 is 1.90 bits per heavy atom. The third-order valence-electron chi connectivity index (χ3n) is 5.10. The lowest BCUT2D eigenvalue weighted by Crippen LogP contribution is -2.44. The molecule has 3 rings (SSSR count). The Morgan fingerprint density at radius 3 is 2.52 bits per heavy atom. The fourth-order valence-electron chi connectivity index (χ4n) is 3.54. The van der Waals surface area contributed by atoms with Gasteiger partial charge in [-0.1, -0.05) is 35.9 Å². The molecule has 2 atom stereocenters. The molecule has 1 aliphatic rings. The average molecular weight is 416 g/mol. The molecule has 2 heterocycles. The third-order valence-corrected chi connectivity index (χ3v) is 6.07. The normalized spacial score (nSPS) is 16.8. The van der Waals surface area contributed by atoms with E-state index < -0.39 is 0 Å². The minimum absolute atomic E-state index is 0.0702. The fraction of sp³-hybridized carbons (Fsp3) is 0.455. The van der Waals surface area contributed by atoms with E-state index in [0.29, 0.717) is 19.8 Å². The van der Waals surface area contributed by atoms with Crippen LogP contribution in [0.1, 0.15) is 41.4 Å². The molecular formula is C22H29N3O3S. The molecule has 1 aliphatic heterocycles. The summed E-state index contributed by atoms with van der Waals surface area (Å²) >= 11 is 1.71. The van der Waals surface area contributed by atoms with Gasteiger partial charge in [0.05, 0.1) is 31.7 Å². The van der Waals surface area contributed by atoms with Crippen LogP contribution in [0.3, 0.4) is 0 Å². The number of amides is 2. The lowest BCUT2D eigenvalue weighted by molar-refractivity contribution is -0.123. The van der Waals surface area contributed by atoms with Crippen LogP contribution in [0, 0.1) is 6.92 Å². The van der Waals surface area contributed by atoms with Gasteiger partial charge < -0.3 is 15.4 Å². The number of hydrogen-bond acceptors (Lipinski definition) is 5. The van der Waals surface area contributed by atoms with Crippen molar-refractivity contribution in [1.82, 2.24) is 15.5 Å². The number of morpholine rings is 1. The molecule has 1 fully saturated rings. The number of ether oxygens (including phenoxy) is 1. The highest BCUT2D eigenvalue weighted by atomic mass is 32.1. The van der Waals surface area contributed by atoms with E-state index >= 15 is 0 Å². The summed E-state index contributed by atoms with van der Waals surface area (Å²) in [6, 6.07) is 11.9. The zero-order valence-electron chi connectivity index (χ0n) is 17.0. The van der Waals surface area contributed by atoms with Crippen LogP contribution in [-0.2, 0) is 14.3 Å². The van der Waals surface area contributed by atoms with Crippen LogP contribution < -0.4 is 10.6 Å². The molecule has 0 aliphatic carbocycles. The molecule has 1 aromatic carbocycles. The monoisotopic (exact) mass is 415 g/mol. The summed E-state index contributed by atoms with van der Waals surface area (Å²) in [6.07, 6.45) is 0.211. The summed E-state index contributed by atoms with van der Waals surface area (Å²) in [7, 11) is 0. The Hall–Kier alpha value is -2.22. The van der Waals surface area contributed by atoms with Gasteiger partial charge in [-0.25, -0.2) is 0 Å². The predicted molar refractivity (Wildman–Crippen MR) is 115 cm³/mol. The quantitative estimate of drug-likeness (QED) is 0.696. The Morgan fingerprint density at radius 1 is 1.17 bits per heavy atom. The van der Waals surface area contributed by atoms with Gasteiger partial charge in [0.25, 0.3) is 0 Å². The number of carbonyl (C=O) groups is 2. The Kier molecular flexibility index (Phi) is 7.80. The van der Waals surface area contributed by atoms with E-state index in [-0.39, 0.29) is 30.3 Å². The van der Waals surface area contributed by atoms with Crippen molar-refractivity contribution in [3.63, 3.8) is 0 Å². The van der Waals surface area contributed by atoms with Crippen molar-refractivity contribution in [3.8, 4) is 0 Å². The van der Waals surface area contributed by atoms with Gasteiger partial charge in [-0.05, 0) is 23.9 Å². The molecule has 1 aromatic heterocycles. The van der Waals surface area contributed by atoms with E-state index in [1.165, 1.54) is 11.8 Å². The molecule has 2 aromatic rings. The van der Waals surface area contributed by atoms with E-state index in [1.54, 1.807) is 11.3 Å². The highest BCUT2D eigenvalue weighted by Crippen LogP contribution is 2.25. The summed E-state index contributed by atoms with van der Waals surface area (Å²) in [4.78, 5) is 28.0. The minimum atomic E-state index is -0.336. The van der Waals surface area contributed by atoms with Crippen LogP contribution in [0.4, 0.5) is 0 Å². The van der Waals surface area contributed by atoms with E-state index in [4.69, 9.17) is 4.74 Å². The minimum Gasteiger partial charge on any atom is -0.379 e. The van der Waals surface area contributed by atoms with Crippen molar-refractivity contribution in [1.29, 1.82) is 0 Å². The van der Waals surface area contributed by atoms with E-state index in [0.717, 1.165) is 24.2 Å². The molecule has 6 nitrogen and oxygen atoms in total. The molecule has 2 unspecified atom stereocenters. The van der Waals surface area contributed by atoms with Crippen LogP contribution in [0.15, 0.2) is 41.8 Å². The molecule has 0 spiro atoms. The summed E-state index contributed by atoms with van der Waals surface area (Å²) in [5.74, 6) is -0.215. The van der Waals surface area contributed by atoms with Crippen LogP contribution in [-0.4, -0.2) is 49.6 Å². The second-order valence-corrected chi connectivity index (χ2v) is 8.33. The Labute approximate surface area is 176 Å². The predicted octanol–water partition coefficient (Wildman–Crippen LogP) is 2.81. The summed E-state index contributed by atoms with van der Waals surface area (Å²) in [6.45, 7) is 7.18. The molecule has 2 amide bonds. The Balaban J connectivity index is 1.63. The molecule has 29 heavy (non-hydrogen) atoms. The van der Waals surface area contributed by atoms with E-state index in [2.05, 4.69) is 27.0 Å². The van der Waals surface area contributed by atoms with Crippen LogP contribution in [0.25, 0.3) is 0 Å². The summed E-state index contributed by atoms with van der Waals surface area (Å²) < 4.78 is 5.47. The zero-order valence-corrected chi connectivity index (χ0v) is 17.8. The maximum Gasteiger partial charge on any atom is 0.222 e. The van der Waals surface area contributed by atoms with Gasteiger partial charge in [0, 0.05) is 31.4 Å². The zero-order chi connectivity index (χ0) is 20.6. The second-order valence-electron chi connectivity index (χ2n) is 7.35. The standard InChI is InChI=1S/C22H29N3O3S/c1-16-5-7-18(8-6-16)19(24-17(2)26)14-22(27)23-15-20(21-4-3-13-29-21)25-9-11-28-12-10-25/h3-8,13,19-20H,9-12,14-15H2,1-2H3,(H,23,27)(H,24,26). The fourth-order valence-corrected chi connectivity index (χ4v) is 4.40. The number of carbonyl (C=O) groups excluding carboxylic acids is 2. The van der Waals surface area contributed by atoms with Gasteiger partial charge in [0.15, 0.2) is 0 Å². The van der Waals surface area contributed by atoms with Gasteiger partial charge >= 0.3 is 0 Å². The number of nitrogens with one attached hydrogen (secondary N) is 2. The van der Waals surface area contributed by atoms with Crippen molar-refractivity contribution in [2.24, 2.45) is 0 Å². The van der Waals surface area contributed by atoms with Crippen LogP contribution >= 0.6 is 11.3 Å². The van der Waals surface area contributed by atoms with Gasteiger partial charge in [-0.2, -0.15) is 0 Å². The lowest BCUT2D eigenvalue weighted by atomic mass is 10.0. The van der Waals surface area contributed by atoms with Crippen molar-refractivity contribution in [2.45, 2.75) is 32.4 Å². The largest absolute Gasteiger partial charge is 0.379 e. The molecule has 0 bridgehead atoms. The molecule has 7 heteroatoms. The number of benzene rings is 1. The highest BCUT2D eigenvalue weighted by molar-refractivity contribution is 7.10. The van der Waals surface area contributed by atoms with Crippen LogP contribution in [0.5, 0.6) is 0 Å². The maximum absolute atomic E-state index is 12.7. The molecular weight excluding hydrogens is 386 g/mol. The first-order chi connectivity index (χ1) is 14.0. The summed E-state index contributed by atoms with van der Waals surface area (Å²) in [5, 5.41) is 8.05. The average Bonchev–Trinajstić information content (AvgIpc) is 3.23. The Bertz CT molecular complexity index is 786. The smallest absolute Gasteiger partial charge is 0.222 e. The van der Waals surface area contributed by atoms with Gasteiger partial charge in [-0.15, -0.1) is 11.3 Å². The topological polar surface area (TPSA) is 70.7 Å². The number of rotatable bonds is 8. The molecule has 2 N–H and O–H groups in total. The van der Waals surface area contributed by atoms with Crippen molar-refractivity contribution < 1.29 is 14.3 Å². The molecule has 0 saturated carbocycles. The third kappa shape index (κ3) is 6.39. The molecule has 156 valence electrons. The van der Waals surface area contributed by atoms with E-state index in [9.17, 15) is 9.59 Å². The van der Waals surface area contributed by atoms with Gasteiger partial charge in [0.2, 0.25) is 11.8 Å². The number of hydrogen-bond donors (Lipinski definition) is 2.